The van der Waals surface area contributed by atoms with Crippen LogP contribution in [0.2, 0.25) is 0 Å². The summed E-state index contributed by atoms with van der Waals surface area (Å²) in [6.45, 7) is 10.3. The van der Waals surface area contributed by atoms with Crippen molar-refractivity contribution >= 4 is 0 Å². The third-order valence-electron chi connectivity index (χ3n) is 4.69. The van der Waals surface area contributed by atoms with E-state index in [9.17, 15) is 4.79 Å². The first-order chi connectivity index (χ1) is 10.4. The van der Waals surface area contributed by atoms with Gasteiger partial charge < -0.3 is 9.88 Å². The minimum atomic E-state index is 0.00428. The Bertz CT molecular complexity index is 533. The Hall–Kier alpha value is -1.09. The zero-order valence-corrected chi connectivity index (χ0v) is 14.7. The van der Waals surface area contributed by atoms with E-state index in [0.29, 0.717) is 12.6 Å². The van der Waals surface area contributed by atoms with Crippen LogP contribution in [0.3, 0.4) is 0 Å². The molecular formula is C19H32N2O. The second kappa shape index (κ2) is 7.45. The quantitative estimate of drug-likeness (QED) is 0.862. The van der Waals surface area contributed by atoms with Gasteiger partial charge in [0.25, 0.3) is 5.56 Å². The Morgan fingerprint density at radius 2 is 1.91 bits per heavy atom. The van der Waals surface area contributed by atoms with Crippen LogP contribution < -0.4 is 10.9 Å². The van der Waals surface area contributed by atoms with Gasteiger partial charge in [-0.25, -0.2) is 0 Å². The van der Waals surface area contributed by atoms with Gasteiger partial charge in [-0.3, -0.25) is 4.79 Å². The van der Waals surface area contributed by atoms with Crippen LogP contribution >= 0.6 is 0 Å². The highest BCUT2D eigenvalue weighted by Gasteiger charge is 2.20. The number of rotatable bonds is 6. The van der Waals surface area contributed by atoms with Crippen LogP contribution in [-0.4, -0.2) is 10.6 Å². The standard InChI is InChI=1S/C19H32N2O/c1-5-6-13-21-17(19(2,3)4)12-11-15(18(21)22)14-20-16-9-7-8-10-16/h11-12,16,20H,5-10,13-14H2,1-4H3. The maximum atomic E-state index is 12.9. The topological polar surface area (TPSA) is 34.0 Å². The largest absolute Gasteiger partial charge is 0.312 e. The molecule has 2 rings (SSSR count). The van der Waals surface area contributed by atoms with Gasteiger partial charge in [0.2, 0.25) is 0 Å². The Kier molecular flexibility index (Phi) is 5.85. The molecule has 124 valence electrons. The van der Waals surface area contributed by atoms with E-state index in [2.05, 4.69) is 39.1 Å². The first-order valence-corrected chi connectivity index (χ1v) is 8.90. The van der Waals surface area contributed by atoms with E-state index < -0.39 is 0 Å². The molecule has 0 spiro atoms. The molecule has 1 aromatic rings. The summed E-state index contributed by atoms with van der Waals surface area (Å²) in [5.74, 6) is 0. The Labute approximate surface area is 135 Å². The molecule has 0 saturated heterocycles. The van der Waals surface area contributed by atoms with Gasteiger partial charge >= 0.3 is 0 Å². The molecule has 1 aliphatic rings. The van der Waals surface area contributed by atoms with Crippen molar-refractivity contribution in [3.05, 3.63) is 33.7 Å². The van der Waals surface area contributed by atoms with Crippen LogP contribution in [0.5, 0.6) is 0 Å². The van der Waals surface area contributed by atoms with Gasteiger partial charge in [0.15, 0.2) is 0 Å². The summed E-state index contributed by atoms with van der Waals surface area (Å²) in [6, 6.07) is 4.79. The summed E-state index contributed by atoms with van der Waals surface area (Å²) in [6.07, 6.45) is 7.32. The molecular weight excluding hydrogens is 272 g/mol. The molecule has 0 bridgehead atoms. The highest BCUT2D eigenvalue weighted by Crippen LogP contribution is 2.22. The number of unbranched alkanes of at least 4 members (excludes halogenated alkanes) is 1. The predicted molar refractivity (Wildman–Crippen MR) is 93.4 cm³/mol. The fourth-order valence-electron chi connectivity index (χ4n) is 3.34. The summed E-state index contributed by atoms with van der Waals surface area (Å²) in [4.78, 5) is 12.9. The monoisotopic (exact) mass is 304 g/mol. The molecule has 1 N–H and O–H groups in total. The zero-order valence-electron chi connectivity index (χ0n) is 14.7. The molecule has 0 aliphatic heterocycles. The van der Waals surface area contributed by atoms with E-state index in [4.69, 9.17) is 0 Å². The van der Waals surface area contributed by atoms with Gasteiger partial charge in [-0.2, -0.15) is 0 Å². The lowest BCUT2D eigenvalue weighted by Crippen LogP contribution is -2.35. The van der Waals surface area contributed by atoms with E-state index in [1.54, 1.807) is 0 Å². The molecule has 1 fully saturated rings. The van der Waals surface area contributed by atoms with E-state index in [-0.39, 0.29) is 11.0 Å². The average molecular weight is 304 g/mol. The zero-order chi connectivity index (χ0) is 16.2. The second-order valence-electron chi connectivity index (χ2n) is 7.67. The molecule has 1 saturated carbocycles. The highest BCUT2D eigenvalue weighted by molar-refractivity contribution is 5.21. The van der Waals surface area contributed by atoms with E-state index in [1.165, 1.54) is 25.7 Å². The molecule has 22 heavy (non-hydrogen) atoms. The van der Waals surface area contributed by atoms with Gasteiger partial charge in [-0.1, -0.05) is 53.0 Å². The molecule has 1 heterocycles. The summed E-state index contributed by atoms with van der Waals surface area (Å²) < 4.78 is 2.01. The fraction of sp³-hybridized carbons (Fsp3) is 0.737. The number of aromatic nitrogens is 1. The molecule has 0 atom stereocenters. The maximum absolute atomic E-state index is 12.9. The van der Waals surface area contributed by atoms with Crippen molar-refractivity contribution in [1.82, 2.24) is 9.88 Å². The Balaban J connectivity index is 2.22. The number of nitrogens with one attached hydrogen (secondary N) is 1. The number of nitrogens with zero attached hydrogens (tertiary/aromatic N) is 1. The molecule has 3 heteroatoms. The minimum Gasteiger partial charge on any atom is -0.312 e. The van der Waals surface area contributed by atoms with Gasteiger partial charge in [0, 0.05) is 35.8 Å². The first kappa shape index (κ1) is 17.3. The minimum absolute atomic E-state index is 0.00428. The number of hydrogen-bond donors (Lipinski definition) is 1. The normalized spacial score (nSPS) is 16.4. The van der Waals surface area contributed by atoms with Crippen molar-refractivity contribution in [1.29, 1.82) is 0 Å². The van der Waals surface area contributed by atoms with Crippen molar-refractivity contribution in [2.24, 2.45) is 0 Å². The van der Waals surface area contributed by atoms with Crippen molar-refractivity contribution in [3.8, 4) is 0 Å². The molecule has 1 aromatic heterocycles. The van der Waals surface area contributed by atoms with E-state index in [1.807, 2.05) is 10.6 Å². The van der Waals surface area contributed by atoms with Crippen molar-refractivity contribution in [3.63, 3.8) is 0 Å². The van der Waals surface area contributed by atoms with Crippen molar-refractivity contribution in [2.45, 2.75) is 90.8 Å². The predicted octanol–water partition coefficient (Wildman–Crippen LogP) is 3.98. The summed E-state index contributed by atoms with van der Waals surface area (Å²) >= 11 is 0. The average Bonchev–Trinajstić information content (AvgIpc) is 2.96. The van der Waals surface area contributed by atoms with Crippen LogP contribution in [0, 0.1) is 0 Å². The Morgan fingerprint density at radius 1 is 1.23 bits per heavy atom. The molecule has 0 radical (unpaired) electrons. The fourth-order valence-corrected chi connectivity index (χ4v) is 3.34. The molecule has 0 aromatic carbocycles. The van der Waals surface area contributed by atoms with Gasteiger partial charge in [-0.05, 0) is 25.3 Å². The van der Waals surface area contributed by atoms with Crippen molar-refractivity contribution in [2.75, 3.05) is 0 Å². The third-order valence-corrected chi connectivity index (χ3v) is 4.69. The summed E-state index contributed by atoms with van der Waals surface area (Å²) in [7, 11) is 0. The van der Waals surface area contributed by atoms with E-state index >= 15 is 0 Å². The lowest BCUT2D eigenvalue weighted by atomic mass is 9.90. The van der Waals surface area contributed by atoms with E-state index in [0.717, 1.165) is 30.6 Å². The van der Waals surface area contributed by atoms with Crippen LogP contribution in [0.25, 0.3) is 0 Å². The summed E-state index contributed by atoms with van der Waals surface area (Å²) in [5, 5.41) is 3.57. The summed E-state index contributed by atoms with van der Waals surface area (Å²) in [5.41, 5.74) is 2.27. The SMILES string of the molecule is CCCCn1c(C(C)(C)C)ccc(CNC2CCCC2)c1=O. The van der Waals surface area contributed by atoms with Crippen LogP contribution in [0.15, 0.2) is 16.9 Å². The number of pyridine rings is 1. The second-order valence-corrected chi connectivity index (χ2v) is 7.67. The Morgan fingerprint density at radius 3 is 2.50 bits per heavy atom. The lowest BCUT2D eigenvalue weighted by molar-refractivity contribution is 0.479. The van der Waals surface area contributed by atoms with Gasteiger partial charge in [-0.15, -0.1) is 0 Å². The molecule has 0 amide bonds. The first-order valence-electron chi connectivity index (χ1n) is 8.90. The molecule has 1 aliphatic carbocycles. The smallest absolute Gasteiger partial charge is 0.255 e. The van der Waals surface area contributed by atoms with Gasteiger partial charge in [0.1, 0.15) is 0 Å². The third kappa shape index (κ3) is 4.22. The molecule has 3 nitrogen and oxygen atoms in total. The van der Waals surface area contributed by atoms with Crippen LogP contribution in [-0.2, 0) is 18.5 Å². The highest BCUT2D eigenvalue weighted by atomic mass is 16.1. The number of hydrogen-bond acceptors (Lipinski definition) is 2. The van der Waals surface area contributed by atoms with Crippen LogP contribution in [0.1, 0.15) is 77.5 Å². The van der Waals surface area contributed by atoms with Gasteiger partial charge in [0.05, 0.1) is 0 Å². The van der Waals surface area contributed by atoms with Crippen molar-refractivity contribution < 1.29 is 0 Å². The lowest BCUT2D eigenvalue weighted by Gasteiger charge is -2.25. The molecule has 0 unspecified atom stereocenters. The maximum Gasteiger partial charge on any atom is 0.255 e. The van der Waals surface area contributed by atoms with Crippen LogP contribution in [0.4, 0.5) is 0 Å².